The molecule has 0 aliphatic rings. The quantitative estimate of drug-likeness (QED) is 0.356. The number of methoxy groups -OCH3 is 2. The number of nitrogens with zero attached hydrogens (tertiary/aromatic N) is 4. The van der Waals surface area contributed by atoms with Gasteiger partial charge in [-0.1, -0.05) is 6.07 Å². The molecule has 0 aliphatic carbocycles. The lowest BCUT2D eigenvalue weighted by Gasteiger charge is -2.22. The van der Waals surface area contributed by atoms with E-state index in [-0.39, 0.29) is 24.7 Å². The Hall–Kier alpha value is -3.42. The van der Waals surface area contributed by atoms with Gasteiger partial charge >= 0.3 is 0 Å². The molecule has 0 fully saturated rings. The van der Waals surface area contributed by atoms with Crippen molar-refractivity contribution in [3.05, 3.63) is 83.9 Å². The average Bonchev–Trinajstić information content (AvgIpc) is 3.19. The van der Waals surface area contributed by atoms with Gasteiger partial charge in [0, 0.05) is 31.6 Å². The van der Waals surface area contributed by atoms with E-state index in [0.29, 0.717) is 19.7 Å². The second-order valence-electron chi connectivity index (χ2n) is 7.87. The highest BCUT2D eigenvalue weighted by molar-refractivity contribution is 5.85. The van der Waals surface area contributed by atoms with E-state index in [0.717, 1.165) is 39.6 Å². The van der Waals surface area contributed by atoms with Crippen molar-refractivity contribution in [3.8, 4) is 17.0 Å². The van der Waals surface area contributed by atoms with Crippen LogP contribution in [-0.2, 0) is 22.5 Å². The Morgan fingerprint density at radius 3 is 2.56 bits per heavy atom. The average molecular weight is 481 g/mol. The number of fused-ring (bicyclic) bond motifs is 1. The van der Waals surface area contributed by atoms with Crippen molar-refractivity contribution in [1.29, 1.82) is 0 Å². The maximum atomic E-state index is 13.5. The van der Waals surface area contributed by atoms with Crippen LogP contribution in [0.3, 0.4) is 0 Å². The molecular formula is C26H29ClN4O3. The van der Waals surface area contributed by atoms with Crippen molar-refractivity contribution in [2.75, 3.05) is 27.4 Å². The molecule has 178 valence electrons. The molecule has 34 heavy (non-hydrogen) atoms. The highest BCUT2D eigenvalue weighted by atomic mass is 35.5. The van der Waals surface area contributed by atoms with Crippen LogP contribution in [0.1, 0.15) is 17.0 Å². The molecule has 3 aromatic heterocycles. The second kappa shape index (κ2) is 11.6. The number of carbonyl (C=O) groups excluding carboxylic acids is 1. The summed E-state index contributed by atoms with van der Waals surface area (Å²) < 4.78 is 12.5. The highest BCUT2D eigenvalue weighted by Gasteiger charge is 2.21. The summed E-state index contributed by atoms with van der Waals surface area (Å²) in [7, 11) is 3.28. The Balaban J connectivity index is 0.00000324. The number of aryl methyl sites for hydroxylation is 1. The van der Waals surface area contributed by atoms with Crippen LogP contribution in [0.15, 0.2) is 67.0 Å². The first-order chi connectivity index (χ1) is 16.1. The molecule has 8 heteroatoms. The molecule has 0 saturated heterocycles. The van der Waals surface area contributed by atoms with Crippen LogP contribution in [0.5, 0.6) is 5.75 Å². The normalized spacial score (nSPS) is 10.7. The number of hydrogen-bond acceptors (Lipinski definition) is 5. The van der Waals surface area contributed by atoms with Crippen LogP contribution < -0.4 is 4.74 Å². The van der Waals surface area contributed by atoms with Crippen LogP contribution in [-0.4, -0.2) is 52.5 Å². The number of pyridine rings is 2. The lowest BCUT2D eigenvalue weighted by atomic mass is 10.1. The van der Waals surface area contributed by atoms with Gasteiger partial charge in [-0.3, -0.25) is 9.78 Å². The summed E-state index contributed by atoms with van der Waals surface area (Å²) in [5, 5.41) is 0. The zero-order valence-electron chi connectivity index (χ0n) is 19.6. The van der Waals surface area contributed by atoms with E-state index < -0.39 is 0 Å². The van der Waals surface area contributed by atoms with Crippen LogP contribution >= 0.6 is 12.4 Å². The molecule has 4 rings (SSSR count). The smallest absolute Gasteiger partial charge is 0.229 e. The predicted molar refractivity (Wildman–Crippen MR) is 134 cm³/mol. The van der Waals surface area contributed by atoms with E-state index in [1.165, 1.54) is 0 Å². The number of hydrogen-bond donors (Lipinski definition) is 0. The minimum absolute atomic E-state index is 0. The number of aromatic nitrogens is 3. The van der Waals surface area contributed by atoms with Crippen molar-refractivity contribution in [2.45, 2.75) is 19.9 Å². The summed E-state index contributed by atoms with van der Waals surface area (Å²) in [4.78, 5) is 24.5. The SMILES string of the molecule is COCCN(Cc1ccccn1)C(=O)Cc1c(-c2ccc(OC)cc2)nc2cc(C)ccn12.Cl. The molecule has 0 radical (unpaired) electrons. The molecule has 7 nitrogen and oxygen atoms in total. The number of benzene rings is 1. The van der Waals surface area contributed by atoms with Gasteiger partial charge in [-0.25, -0.2) is 4.98 Å². The number of imidazole rings is 1. The molecule has 0 bridgehead atoms. The van der Waals surface area contributed by atoms with E-state index >= 15 is 0 Å². The van der Waals surface area contributed by atoms with Crippen molar-refractivity contribution in [2.24, 2.45) is 0 Å². The maximum absolute atomic E-state index is 13.5. The van der Waals surface area contributed by atoms with Crippen molar-refractivity contribution >= 4 is 24.0 Å². The van der Waals surface area contributed by atoms with E-state index in [1.54, 1.807) is 25.3 Å². The predicted octanol–water partition coefficient (Wildman–Crippen LogP) is 4.35. The lowest BCUT2D eigenvalue weighted by molar-refractivity contribution is -0.131. The monoisotopic (exact) mass is 480 g/mol. The Morgan fingerprint density at radius 1 is 1.09 bits per heavy atom. The van der Waals surface area contributed by atoms with E-state index in [9.17, 15) is 4.79 Å². The number of carbonyl (C=O) groups is 1. The zero-order valence-corrected chi connectivity index (χ0v) is 20.4. The molecular weight excluding hydrogens is 452 g/mol. The van der Waals surface area contributed by atoms with Crippen LogP contribution in [0, 0.1) is 6.92 Å². The number of halogens is 1. The maximum Gasteiger partial charge on any atom is 0.229 e. The number of amides is 1. The third-order valence-electron chi connectivity index (χ3n) is 5.56. The largest absolute Gasteiger partial charge is 0.497 e. The fourth-order valence-electron chi connectivity index (χ4n) is 3.78. The van der Waals surface area contributed by atoms with Crippen LogP contribution in [0.2, 0.25) is 0 Å². The lowest BCUT2D eigenvalue weighted by Crippen LogP contribution is -2.35. The Labute approximate surface area is 205 Å². The van der Waals surface area contributed by atoms with Crippen molar-refractivity contribution in [1.82, 2.24) is 19.3 Å². The van der Waals surface area contributed by atoms with Gasteiger partial charge in [-0.2, -0.15) is 0 Å². The first-order valence-corrected chi connectivity index (χ1v) is 10.9. The molecule has 1 amide bonds. The summed E-state index contributed by atoms with van der Waals surface area (Å²) >= 11 is 0. The molecule has 0 unspecified atom stereocenters. The first-order valence-electron chi connectivity index (χ1n) is 10.9. The number of ether oxygens (including phenoxy) is 2. The Morgan fingerprint density at radius 2 is 1.88 bits per heavy atom. The second-order valence-corrected chi connectivity index (χ2v) is 7.87. The molecule has 4 aromatic rings. The van der Waals surface area contributed by atoms with Gasteiger partial charge in [-0.05, 0) is 61.0 Å². The van der Waals surface area contributed by atoms with E-state index in [2.05, 4.69) is 4.98 Å². The third kappa shape index (κ3) is 5.73. The molecule has 0 N–H and O–H groups in total. The van der Waals surface area contributed by atoms with E-state index in [4.69, 9.17) is 14.5 Å². The van der Waals surface area contributed by atoms with Gasteiger partial charge in [0.15, 0.2) is 0 Å². The van der Waals surface area contributed by atoms with Gasteiger partial charge in [-0.15, -0.1) is 12.4 Å². The molecule has 0 aliphatic heterocycles. The van der Waals surface area contributed by atoms with Crippen LogP contribution in [0.4, 0.5) is 0 Å². The fraction of sp³-hybridized carbons (Fsp3) is 0.269. The van der Waals surface area contributed by atoms with Gasteiger partial charge in [0.25, 0.3) is 0 Å². The molecule has 0 saturated carbocycles. The van der Waals surface area contributed by atoms with Crippen molar-refractivity contribution in [3.63, 3.8) is 0 Å². The topological polar surface area (TPSA) is 69.0 Å². The minimum atomic E-state index is -0.00478. The summed E-state index contributed by atoms with van der Waals surface area (Å²) in [5.41, 5.74) is 5.35. The molecule has 0 spiro atoms. The summed E-state index contributed by atoms with van der Waals surface area (Å²) in [6.45, 7) is 3.40. The fourth-order valence-corrected chi connectivity index (χ4v) is 3.78. The third-order valence-corrected chi connectivity index (χ3v) is 5.56. The zero-order chi connectivity index (χ0) is 23.2. The van der Waals surface area contributed by atoms with E-state index in [1.807, 2.05) is 72.1 Å². The van der Waals surface area contributed by atoms with Gasteiger partial charge in [0.1, 0.15) is 11.4 Å². The summed E-state index contributed by atoms with van der Waals surface area (Å²) in [6.07, 6.45) is 3.93. The van der Waals surface area contributed by atoms with Crippen LogP contribution in [0.25, 0.3) is 16.9 Å². The summed E-state index contributed by atoms with van der Waals surface area (Å²) in [5.74, 6) is 0.770. The molecule has 0 atom stereocenters. The van der Waals surface area contributed by atoms with Gasteiger partial charge < -0.3 is 18.8 Å². The highest BCUT2D eigenvalue weighted by Crippen LogP contribution is 2.27. The number of rotatable bonds is 9. The van der Waals surface area contributed by atoms with Crippen molar-refractivity contribution < 1.29 is 14.3 Å². The molecule has 1 aromatic carbocycles. The van der Waals surface area contributed by atoms with Gasteiger partial charge in [0.2, 0.25) is 5.91 Å². The standard InChI is InChI=1S/C26H28N4O3.ClH/c1-19-11-13-30-23(26(28-24(30)16-19)20-7-9-22(33-3)10-8-20)17-25(31)29(14-15-32-2)18-21-6-4-5-12-27-21;/h4-13,16H,14-15,17-18H2,1-3H3;1H. The summed E-state index contributed by atoms with van der Waals surface area (Å²) in [6, 6.07) is 17.5. The van der Waals surface area contributed by atoms with Gasteiger partial charge in [0.05, 0.1) is 43.8 Å². The molecule has 3 heterocycles. The first kappa shape index (κ1) is 25.2. The Bertz CT molecular complexity index is 1230. The minimum Gasteiger partial charge on any atom is -0.497 e. The Kier molecular flexibility index (Phi) is 8.62.